The van der Waals surface area contributed by atoms with E-state index >= 15 is 0 Å². The van der Waals surface area contributed by atoms with E-state index in [1.165, 1.54) is 4.90 Å². The summed E-state index contributed by atoms with van der Waals surface area (Å²) in [5.41, 5.74) is 0.598. The van der Waals surface area contributed by atoms with Crippen LogP contribution in [0.15, 0.2) is 18.2 Å². The number of rotatable bonds is 4. The van der Waals surface area contributed by atoms with Crippen molar-refractivity contribution in [2.75, 3.05) is 14.1 Å². The van der Waals surface area contributed by atoms with Crippen LogP contribution in [0.3, 0.4) is 0 Å². The Morgan fingerprint density at radius 3 is 2.08 bits per heavy atom. The van der Waals surface area contributed by atoms with Crippen molar-refractivity contribution in [3.63, 3.8) is 0 Å². The van der Waals surface area contributed by atoms with Crippen molar-refractivity contribution in [1.82, 2.24) is 10.2 Å². The predicted octanol–water partition coefficient (Wildman–Crippen LogP) is 1.58. The molecule has 2 fully saturated rings. The Bertz CT molecular complexity index is 725. The summed E-state index contributed by atoms with van der Waals surface area (Å²) in [6, 6.07) is 5.38. The molecule has 0 unspecified atom stereocenters. The van der Waals surface area contributed by atoms with Gasteiger partial charge in [0.25, 0.3) is 11.8 Å². The van der Waals surface area contributed by atoms with E-state index < -0.39 is 18.3 Å². The highest BCUT2D eigenvalue weighted by molar-refractivity contribution is 6.62. The van der Waals surface area contributed by atoms with Gasteiger partial charge in [0.1, 0.15) is 0 Å². The number of benzene rings is 1. The molecular formula is C19H27BN2O4. The smallest absolute Gasteiger partial charge is 0.399 e. The summed E-state index contributed by atoms with van der Waals surface area (Å²) < 4.78 is 12.2. The number of amides is 2. The van der Waals surface area contributed by atoms with Crippen molar-refractivity contribution in [3.05, 3.63) is 29.3 Å². The van der Waals surface area contributed by atoms with Crippen molar-refractivity contribution < 1.29 is 18.9 Å². The largest absolute Gasteiger partial charge is 0.494 e. The van der Waals surface area contributed by atoms with Crippen LogP contribution >= 0.6 is 0 Å². The molecule has 6 nitrogen and oxygen atoms in total. The summed E-state index contributed by atoms with van der Waals surface area (Å²) in [6.45, 7) is 7.90. The summed E-state index contributed by atoms with van der Waals surface area (Å²) in [7, 11) is 2.75. The van der Waals surface area contributed by atoms with E-state index in [1.807, 2.05) is 27.7 Å². The lowest BCUT2D eigenvalue weighted by molar-refractivity contribution is 0.00578. The molecule has 0 bridgehead atoms. The Hall–Kier alpha value is -1.86. The molecule has 1 N–H and O–H groups in total. The normalized spacial score (nSPS) is 20.8. The van der Waals surface area contributed by atoms with E-state index in [0.717, 1.165) is 12.8 Å². The van der Waals surface area contributed by atoms with Crippen molar-refractivity contribution in [2.45, 2.75) is 57.8 Å². The fourth-order valence-electron chi connectivity index (χ4n) is 2.78. The van der Waals surface area contributed by atoms with Gasteiger partial charge in [0.2, 0.25) is 0 Å². The highest BCUT2D eigenvalue weighted by atomic mass is 16.7. The molecule has 1 aliphatic heterocycles. The minimum Gasteiger partial charge on any atom is -0.399 e. The Labute approximate surface area is 155 Å². The first kappa shape index (κ1) is 18.9. The summed E-state index contributed by atoms with van der Waals surface area (Å²) in [5, 5.41) is 2.97. The van der Waals surface area contributed by atoms with E-state index in [1.54, 1.807) is 32.3 Å². The molecule has 1 saturated heterocycles. The molecule has 1 aromatic rings. The van der Waals surface area contributed by atoms with Crippen LogP contribution in [0, 0.1) is 0 Å². The van der Waals surface area contributed by atoms with E-state index in [0.29, 0.717) is 16.6 Å². The van der Waals surface area contributed by atoms with Crippen LogP contribution < -0.4 is 10.8 Å². The first-order valence-corrected chi connectivity index (χ1v) is 9.03. The van der Waals surface area contributed by atoms with Crippen LogP contribution in [0.25, 0.3) is 0 Å². The Balaban J connectivity index is 1.97. The molecule has 140 valence electrons. The fraction of sp³-hybridized carbons (Fsp3) is 0.579. The molecule has 1 aliphatic carbocycles. The Kier molecular flexibility index (Phi) is 4.65. The van der Waals surface area contributed by atoms with Gasteiger partial charge in [-0.25, -0.2) is 0 Å². The van der Waals surface area contributed by atoms with Gasteiger partial charge in [-0.05, 0) is 64.2 Å². The van der Waals surface area contributed by atoms with Gasteiger partial charge in [-0.2, -0.15) is 0 Å². The zero-order valence-corrected chi connectivity index (χ0v) is 16.4. The Morgan fingerprint density at radius 2 is 1.58 bits per heavy atom. The highest BCUT2D eigenvalue weighted by Crippen LogP contribution is 2.36. The molecule has 0 radical (unpaired) electrons. The van der Waals surface area contributed by atoms with Crippen LogP contribution in [0.1, 0.15) is 61.3 Å². The van der Waals surface area contributed by atoms with E-state index in [4.69, 9.17) is 9.31 Å². The first-order valence-electron chi connectivity index (χ1n) is 9.03. The van der Waals surface area contributed by atoms with Crippen LogP contribution in [0.5, 0.6) is 0 Å². The minimum absolute atomic E-state index is 0.163. The average Bonchev–Trinajstić information content (AvgIpc) is 3.32. The summed E-state index contributed by atoms with van der Waals surface area (Å²) in [5.74, 6) is -0.331. The van der Waals surface area contributed by atoms with Gasteiger partial charge in [0.05, 0.1) is 11.2 Å². The molecule has 2 amide bonds. The molecule has 7 heteroatoms. The second-order valence-electron chi connectivity index (χ2n) is 8.38. The van der Waals surface area contributed by atoms with Gasteiger partial charge in [0.15, 0.2) is 0 Å². The lowest BCUT2D eigenvalue weighted by atomic mass is 9.77. The third-order valence-corrected chi connectivity index (χ3v) is 5.31. The van der Waals surface area contributed by atoms with Gasteiger partial charge in [-0.1, -0.05) is 0 Å². The second kappa shape index (κ2) is 6.39. The fourth-order valence-corrected chi connectivity index (χ4v) is 2.78. The molecule has 1 aromatic carbocycles. The molecule has 1 saturated carbocycles. The Morgan fingerprint density at radius 1 is 1.04 bits per heavy atom. The molecule has 0 atom stereocenters. The van der Waals surface area contributed by atoms with E-state index in [-0.39, 0.29) is 17.9 Å². The molecule has 0 aromatic heterocycles. The number of carbonyl (C=O) groups is 2. The van der Waals surface area contributed by atoms with E-state index in [9.17, 15) is 9.59 Å². The highest BCUT2D eigenvalue weighted by Gasteiger charge is 2.52. The second-order valence-corrected chi connectivity index (χ2v) is 8.38. The van der Waals surface area contributed by atoms with Crippen LogP contribution in [0.4, 0.5) is 0 Å². The molecule has 2 aliphatic rings. The maximum atomic E-state index is 12.5. The molecule has 26 heavy (non-hydrogen) atoms. The SMILES string of the molecule is CN(C)C(=O)c1cc(B2OC(C)(C)C(C)(C)O2)cc(C(=O)NC2CC2)c1. The zero-order chi connectivity index (χ0) is 19.3. The third kappa shape index (κ3) is 3.64. The molecule has 1 heterocycles. The average molecular weight is 358 g/mol. The standard InChI is InChI=1S/C19H27BN2O4/c1-18(2)19(3,4)26-20(25-18)14-10-12(16(23)21-15-7-8-15)9-13(11-14)17(24)22(5)6/h9-11,15H,7-8H2,1-6H3,(H,21,23). The maximum Gasteiger partial charge on any atom is 0.494 e. The maximum absolute atomic E-state index is 12.5. The number of nitrogens with one attached hydrogen (secondary N) is 1. The number of hydrogen-bond donors (Lipinski definition) is 1. The summed E-state index contributed by atoms with van der Waals surface area (Å²) >= 11 is 0. The van der Waals surface area contributed by atoms with Gasteiger partial charge in [0, 0.05) is 31.3 Å². The molecular weight excluding hydrogens is 331 g/mol. The van der Waals surface area contributed by atoms with Crippen molar-refractivity contribution >= 4 is 24.4 Å². The van der Waals surface area contributed by atoms with Crippen molar-refractivity contribution in [3.8, 4) is 0 Å². The van der Waals surface area contributed by atoms with Crippen molar-refractivity contribution in [2.24, 2.45) is 0 Å². The lowest BCUT2D eigenvalue weighted by Gasteiger charge is -2.32. The number of carbonyl (C=O) groups excluding carboxylic acids is 2. The van der Waals surface area contributed by atoms with Gasteiger partial charge in [-0.15, -0.1) is 0 Å². The minimum atomic E-state index is -0.623. The topological polar surface area (TPSA) is 67.9 Å². The van der Waals surface area contributed by atoms with Crippen LogP contribution in [-0.4, -0.2) is 55.2 Å². The van der Waals surface area contributed by atoms with E-state index in [2.05, 4.69) is 5.32 Å². The predicted molar refractivity (Wildman–Crippen MR) is 101 cm³/mol. The van der Waals surface area contributed by atoms with Crippen LogP contribution in [0.2, 0.25) is 0 Å². The van der Waals surface area contributed by atoms with Gasteiger partial charge >= 0.3 is 7.12 Å². The van der Waals surface area contributed by atoms with Crippen molar-refractivity contribution in [1.29, 1.82) is 0 Å². The number of hydrogen-bond acceptors (Lipinski definition) is 4. The molecule has 3 rings (SSSR count). The van der Waals surface area contributed by atoms with Gasteiger partial charge in [-0.3, -0.25) is 9.59 Å². The lowest BCUT2D eigenvalue weighted by Crippen LogP contribution is -2.41. The summed E-state index contributed by atoms with van der Waals surface area (Å²) in [4.78, 5) is 26.5. The monoisotopic (exact) mass is 358 g/mol. The van der Waals surface area contributed by atoms with Crippen LogP contribution in [-0.2, 0) is 9.31 Å². The molecule has 0 spiro atoms. The number of nitrogens with zero attached hydrogens (tertiary/aromatic N) is 1. The van der Waals surface area contributed by atoms with Gasteiger partial charge < -0.3 is 19.5 Å². The first-order chi connectivity index (χ1) is 12.0. The zero-order valence-electron chi connectivity index (χ0n) is 16.4. The summed E-state index contributed by atoms with van der Waals surface area (Å²) in [6.07, 6.45) is 2.01. The quantitative estimate of drug-likeness (QED) is 0.830. The third-order valence-electron chi connectivity index (χ3n) is 5.31.